The molecule has 1 heterocycles. The molecule has 1 aliphatic rings. The SMILES string of the molecule is COc1cc([C@H](C#N)N2CCC(c3ccccc3)=N2)ccc1O. The second-order valence-corrected chi connectivity index (χ2v) is 5.29. The zero-order valence-corrected chi connectivity index (χ0v) is 12.8. The van der Waals surface area contributed by atoms with Gasteiger partial charge in [-0.05, 0) is 23.3 Å². The lowest BCUT2D eigenvalue weighted by atomic mass is 10.1. The minimum Gasteiger partial charge on any atom is -0.504 e. The van der Waals surface area contributed by atoms with Gasteiger partial charge in [0.2, 0.25) is 0 Å². The van der Waals surface area contributed by atoms with Gasteiger partial charge >= 0.3 is 0 Å². The lowest BCUT2D eigenvalue weighted by molar-refractivity contribution is 0.273. The van der Waals surface area contributed by atoms with Crippen molar-refractivity contribution >= 4 is 5.71 Å². The molecule has 1 aliphatic heterocycles. The van der Waals surface area contributed by atoms with Crippen molar-refractivity contribution in [1.82, 2.24) is 5.01 Å². The summed E-state index contributed by atoms with van der Waals surface area (Å²) in [5.41, 5.74) is 2.81. The van der Waals surface area contributed by atoms with Gasteiger partial charge in [-0.3, -0.25) is 5.01 Å². The summed E-state index contributed by atoms with van der Waals surface area (Å²) in [7, 11) is 1.49. The average molecular weight is 307 g/mol. The van der Waals surface area contributed by atoms with Crippen molar-refractivity contribution < 1.29 is 9.84 Å². The van der Waals surface area contributed by atoms with Crippen molar-refractivity contribution in [1.29, 1.82) is 5.26 Å². The van der Waals surface area contributed by atoms with Crippen LogP contribution >= 0.6 is 0 Å². The largest absolute Gasteiger partial charge is 0.504 e. The molecule has 1 atom stereocenters. The molecule has 0 saturated carbocycles. The van der Waals surface area contributed by atoms with Crippen molar-refractivity contribution in [2.75, 3.05) is 13.7 Å². The Labute approximate surface area is 135 Å². The van der Waals surface area contributed by atoms with Crippen LogP contribution in [-0.2, 0) is 0 Å². The van der Waals surface area contributed by atoms with Crippen molar-refractivity contribution in [3.8, 4) is 17.6 Å². The van der Waals surface area contributed by atoms with Gasteiger partial charge in [-0.25, -0.2) is 0 Å². The van der Waals surface area contributed by atoms with Crippen LogP contribution in [0.25, 0.3) is 0 Å². The summed E-state index contributed by atoms with van der Waals surface area (Å²) in [6.07, 6.45) is 0.803. The maximum absolute atomic E-state index is 9.70. The highest BCUT2D eigenvalue weighted by Crippen LogP contribution is 2.32. The molecule has 0 bridgehead atoms. The zero-order chi connectivity index (χ0) is 16.2. The number of rotatable bonds is 4. The van der Waals surface area contributed by atoms with Gasteiger partial charge in [0.25, 0.3) is 0 Å². The van der Waals surface area contributed by atoms with E-state index in [1.807, 2.05) is 30.3 Å². The highest BCUT2D eigenvalue weighted by atomic mass is 16.5. The lowest BCUT2D eigenvalue weighted by Gasteiger charge is -2.20. The Hall–Kier alpha value is -3.00. The number of nitrogens with zero attached hydrogens (tertiary/aromatic N) is 3. The van der Waals surface area contributed by atoms with E-state index in [2.05, 4.69) is 11.2 Å². The summed E-state index contributed by atoms with van der Waals surface area (Å²) in [5, 5.41) is 25.7. The number of aromatic hydroxyl groups is 1. The fourth-order valence-corrected chi connectivity index (χ4v) is 2.67. The van der Waals surface area contributed by atoms with E-state index in [0.717, 1.165) is 23.3 Å². The molecule has 0 unspecified atom stereocenters. The summed E-state index contributed by atoms with van der Waals surface area (Å²) in [4.78, 5) is 0. The predicted octanol–water partition coefficient (Wildman–Crippen LogP) is 3.08. The van der Waals surface area contributed by atoms with Crippen LogP contribution < -0.4 is 4.74 Å². The molecule has 0 radical (unpaired) electrons. The number of ether oxygens (including phenoxy) is 1. The first-order valence-corrected chi connectivity index (χ1v) is 7.39. The summed E-state index contributed by atoms with van der Waals surface area (Å²) in [6.45, 7) is 0.686. The maximum atomic E-state index is 9.70. The molecular formula is C18H17N3O2. The van der Waals surface area contributed by atoms with Crippen molar-refractivity contribution in [3.05, 3.63) is 59.7 Å². The predicted molar refractivity (Wildman–Crippen MR) is 87.3 cm³/mol. The molecule has 2 aromatic rings. The van der Waals surface area contributed by atoms with Gasteiger partial charge in [0.1, 0.15) is 0 Å². The first kappa shape index (κ1) is 14.9. The van der Waals surface area contributed by atoms with Crippen molar-refractivity contribution in [2.45, 2.75) is 12.5 Å². The summed E-state index contributed by atoms with van der Waals surface area (Å²) in [5.74, 6) is 0.414. The number of hydrazone groups is 1. The quantitative estimate of drug-likeness (QED) is 0.942. The van der Waals surface area contributed by atoms with Crippen LogP contribution in [0, 0.1) is 11.3 Å². The summed E-state index contributed by atoms with van der Waals surface area (Å²) < 4.78 is 5.12. The molecule has 1 N–H and O–H groups in total. The van der Waals surface area contributed by atoms with Crippen LogP contribution in [0.4, 0.5) is 0 Å². The Morgan fingerprint density at radius 1 is 1.26 bits per heavy atom. The minimum atomic E-state index is -0.509. The topological polar surface area (TPSA) is 68.8 Å². The van der Waals surface area contributed by atoms with Crippen LogP contribution in [0.15, 0.2) is 53.6 Å². The van der Waals surface area contributed by atoms with Gasteiger partial charge in [-0.15, -0.1) is 0 Å². The van der Waals surface area contributed by atoms with Crippen LogP contribution in [0.5, 0.6) is 11.5 Å². The molecule has 5 heteroatoms. The smallest absolute Gasteiger partial charge is 0.160 e. The second-order valence-electron chi connectivity index (χ2n) is 5.29. The molecule has 0 spiro atoms. The molecule has 116 valence electrons. The molecule has 23 heavy (non-hydrogen) atoms. The number of phenolic OH excluding ortho intramolecular Hbond substituents is 1. The molecular weight excluding hydrogens is 290 g/mol. The third-order valence-electron chi connectivity index (χ3n) is 3.87. The Morgan fingerprint density at radius 3 is 2.74 bits per heavy atom. The second kappa shape index (κ2) is 6.41. The molecule has 0 saturated heterocycles. The molecule has 0 amide bonds. The van der Waals surface area contributed by atoms with E-state index in [-0.39, 0.29) is 5.75 Å². The normalized spacial score (nSPS) is 15.0. The van der Waals surface area contributed by atoms with E-state index in [1.165, 1.54) is 13.2 Å². The van der Waals surface area contributed by atoms with Gasteiger partial charge in [-0.1, -0.05) is 36.4 Å². The van der Waals surface area contributed by atoms with Crippen LogP contribution in [0.1, 0.15) is 23.6 Å². The number of phenols is 1. The Balaban J connectivity index is 1.88. The minimum absolute atomic E-state index is 0.0582. The van der Waals surface area contributed by atoms with E-state index in [1.54, 1.807) is 17.1 Å². The van der Waals surface area contributed by atoms with Gasteiger partial charge in [0.05, 0.1) is 18.9 Å². The number of hydrogen-bond donors (Lipinski definition) is 1. The van der Waals surface area contributed by atoms with E-state index >= 15 is 0 Å². The van der Waals surface area contributed by atoms with Crippen molar-refractivity contribution in [2.24, 2.45) is 5.10 Å². The monoisotopic (exact) mass is 307 g/mol. The number of nitriles is 1. The van der Waals surface area contributed by atoms with Gasteiger partial charge in [0, 0.05) is 13.0 Å². The Bertz CT molecular complexity index is 766. The molecule has 2 aromatic carbocycles. The van der Waals surface area contributed by atoms with Crippen LogP contribution in [0.2, 0.25) is 0 Å². The molecule has 0 fully saturated rings. The van der Waals surface area contributed by atoms with E-state index in [0.29, 0.717) is 12.3 Å². The highest BCUT2D eigenvalue weighted by Gasteiger charge is 2.25. The molecule has 0 aliphatic carbocycles. The summed E-state index contributed by atoms with van der Waals surface area (Å²) >= 11 is 0. The van der Waals surface area contributed by atoms with Crippen molar-refractivity contribution in [3.63, 3.8) is 0 Å². The zero-order valence-electron chi connectivity index (χ0n) is 12.8. The lowest BCUT2D eigenvalue weighted by Crippen LogP contribution is -2.20. The van der Waals surface area contributed by atoms with Gasteiger partial charge in [-0.2, -0.15) is 10.4 Å². The number of methoxy groups -OCH3 is 1. The standard InChI is InChI=1S/C18H17N3O2/c1-23-18-11-14(7-8-17(18)22)16(12-19)21-10-9-15(20-21)13-5-3-2-4-6-13/h2-8,11,16,22H,9-10H2,1H3/t16-/m0/s1. The van der Waals surface area contributed by atoms with Gasteiger partial charge < -0.3 is 9.84 Å². The first-order valence-electron chi connectivity index (χ1n) is 7.39. The molecule has 3 rings (SSSR count). The number of benzene rings is 2. The van der Waals surface area contributed by atoms with E-state index < -0.39 is 6.04 Å². The average Bonchev–Trinajstić information content (AvgIpc) is 3.07. The molecule has 0 aromatic heterocycles. The third-order valence-corrected chi connectivity index (χ3v) is 3.87. The van der Waals surface area contributed by atoms with Gasteiger partial charge in [0.15, 0.2) is 17.5 Å². The fourth-order valence-electron chi connectivity index (χ4n) is 2.67. The summed E-state index contributed by atoms with van der Waals surface area (Å²) in [6, 6.07) is 16.7. The van der Waals surface area contributed by atoms with Crippen LogP contribution in [-0.4, -0.2) is 29.5 Å². The Morgan fingerprint density at radius 2 is 2.04 bits per heavy atom. The first-order chi connectivity index (χ1) is 11.2. The Kier molecular flexibility index (Phi) is 4.15. The van der Waals surface area contributed by atoms with Crippen LogP contribution in [0.3, 0.4) is 0 Å². The maximum Gasteiger partial charge on any atom is 0.160 e. The third kappa shape index (κ3) is 2.97. The fraction of sp³-hybridized carbons (Fsp3) is 0.222. The number of hydrogen-bond acceptors (Lipinski definition) is 5. The highest BCUT2D eigenvalue weighted by molar-refractivity contribution is 6.01. The van der Waals surface area contributed by atoms with E-state index in [9.17, 15) is 10.4 Å². The molecule has 5 nitrogen and oxygen atoms in total. The van der Waals surface area contributed by atoms with E-state index in [4.69, 9.17) is 4.74 Å².